The van der Waals surface area contributed by atoms with Gasteiger partial charge in [-0.3, -0.25) is 10.1 Å². The summed E-state index contributed by atoms with van der Waals surface area (Å²) in [4.78, 5) is 10.9. The Bertz CT molecular complexity index is 490. The first-order chi connectivity index (χ1) is 10.1. The van der Waals surface area contributed by atoms with Crippen molar-refractivity contribution in [3.05, 3.63) is 15.8 Å². The van der Waals surface area contributed by atoms with Crippen LogP contribution in [0.5, 0.6) is 0 Å². The van der Waals surface area contributed by atoms with Gasteiger partial charge in [-0.15, -0.1) is 0 Å². The van der Waals surface area contributed by atoms with Crippen LogP contribution in [0.15, 0.2) is 0 Å². The Labute approximate surface area is 126 Å². The Hall–Kier alpha value is -1.59. The average Bonchev–Trinajstić information content (AvgIpc) is 2.81. The Morgan fingerprint density at radius 2 is 1.90 bits per heavy atom. The summed E-state index contributed by atoms with van der Waals surface area (Å²) in [5, 5.41) is 18.8. The second kappa shape index (κ2) is 6.91. The third-order valence-corrected chi connectivity index (χ3v) is 4.71. The third kappa shape index (κ3) is 3.54. The largest absolute Gasteiger partial charge is 0.364 e. The molecule has 0 aromatic carbocycles. The molecule has 1 aliphatic rings. The van der Waals surface area contributed by atoms with E-state index in [4.69, 9.17) is 0 Å². The minimum atomic E-state index is -0.317. The molecule has 21 heavy (non-hydrogen) atoms. The number of nitrogens with zero attached hydrogens (tertiary/aromatic N) is 3. The number of rotatable bonds is 6. The van der Waals surface area contributed by atoms with Gasteiger partial charge >= 0.3 is 5.69 Å². The fraction of sp³-hybridized carbons (Fsp3) is 0.800. The van der Waals surface area contributed by atoms with Gasteiger partial charge in [-0.2, -0.15) is 5.10 Å². The number of aromatic nitrogens is 2. The molecule has 0 atom stereocenters. The van der Waals surface area contributed by atoms with Gasteiger partial charge in [-0.25, -0.2) is 4.68 Å². The summed E-state index contributed by atoms with van der Waals surface area (Å²) in [5.41, 5.74) is 0.696. The van der Waals surface area contributed by atoms with Crippen molar-refractivity contribution in [2.75, 3.05) is 11.9 Å². The molecule has 2 rings (SSSR count). The van der Waals surface area contributed by atoms with Crippen LogP contribution in [-0.4, -0.2) is 21.2 Å². The van der Waals surface area contributed by atoms with Crippen molar-refractivity contribution in [3.8, 4) is 0 Å². The number of hydrogen-bond donors (Lipinski definition) is 1. The molecular weight excluding hydrogens is 268 g/mol. The third-order valence-electron chi connectivity index (χ3n) is 4.71. The summed E-state index contributed by atoms with van der Waals surface area (Å²) in [6.45, 7) is 4.96. The molecule has 0 saturated heterocycles. The normalized spacial score (nSPS) is 22.2. The predicted molar refractivity (Wildman–Crippen MR) is 83.5 cm³/mol. The molecule has 6 heteroatoms. The zero-order valence-electron chi connectivity index (χ0n) is 13.3. The second-order valence-electron chi connectivity index (χ2n) is 6.05. The molecule has 1 N–H and O–H groups in total. The van der Waals surface area contributed by atoms with E-state index in [0.717, 1.165) is 12.5 Å². The van der Waals surface area contributed by atoms with E-state index >= 15 is 0 Å². The molecular formula is C15H26N4O2. The standard InChI is InChI=1S/C15H26N4O2/c1-4-11-6-8-12(9-7-11)10-16-15-14(19(20)21)13(5-2)17-18(15)3/h11-12,16H,4-10H2,1-3H3. The van der Waals surface area contributed by atoms with Gasteiger partial charge in [0, 0.05) is 13.6 Å². The summed E-state index contributed by atoms with van der Waals surface area (Å²) >= 11 is 0. The van der Waals surface area contributed by atoms with Crippen LogP contribution in [0, 0.1) is 22.0 Å². The van der Waals surface area contributed by atoms with Gasteiger partial charge in [-0.1, -0.05) is 33.1 Å². The van der Waals surface area contributed by atoms with Gasteiger partial charge in [0.1, 0.15) is 5.69 Å². The number of hydrogen-bond acceptors (Lipinski definition) is 4. The number of nitro groups is 1. The first-order valence-electron chi connectivity index (χ1n) is 8.00. The van der Waals surface area contributed by atoms with Gasteiger partial charge in [0.15, 0.2) is 0 Å². The first-order valence-corrected chi connectivity index (χ1v) is 8.00. The fourth-order valence-corrected chi connectivity index (χ4v) is 3.28. The highest BCUT2D eigenvalue weighted by molar-refractivity contribution is 5.59. The highest BCUT2D eigenvalue weighted by Gasteiger charge is 2.27. The Balaban J connectivity index is 2.00. The van der Waals surface area contributed by atoms with Crippen molar-refractivity contribution in [2.45, 2.75) is 52.4 Å². The molecule has 0 bridgehead atoms. The van der Waals surface area contributed by atoms with E-state index in [1.54, 1.807) is 11.7 Å². The van der Waals surface area contributed by atoms with E-state index in [1.807, 2.05) is 6.92 Å². The van der Waals surface area contributed by atoms with Crippen molar-refractivity contribution < 1.29 is 4.92 Å². The van der Waals surface area contributed by atoms with Crippen LogP contribution in [0.25, 0.3) is 0 Å². The van der Waals surface area contributed by atoms with E-state index in [0.29, 0.717) is 23.9 Å². The van der Waals surface area contributed by atoms with Crippen LogP contribution in [0.3, 0.4) is 0 Å². The van der Waals surface area contributed by atoms with Crippen LogP contribution in [0.4, 0.5) is 11.5 Å². The molecule has 1 saturated carbocycles. The van der Waals surface area contributed by atoms with Crippen LogP contribution in [0.1, 0.15) is 51.6 Å². The van der Waals surface area contributed by atoms with Crippen molar-refractivity contribution in [1.29, 1.82) is 0 Å². The molecule has 0 unspecified atom stereocenters. The van der Waals surface area contributed by atoms with Crippen molar-refractivity contribution in [1.82, 2.24) is 9.78 Å². The second-order valence-corrected chi connectivity index (χ2v) is 6.05. The minimum Gasteiger partial charge on any atom is -0.364 e. The summed E-state index contributed by atoms with van der Waals surface area (Å²) in [5.74, 6) is 2.04. The van der Waals surface area contributed by atoms with Crippen molar-refractivity contribution >= 4 is 11.5 Å². The molecule has 0 spiro atoms. The molecule has 0 radical (unpaired) electrons. The highest BCUT2D eigenvalue weighted by Crippen LogP contribution is 2.32. The van der Waals surface area contributed by atoms with E-state index in [9.17, 15) is 10.1 Å². The average molecular weight is 294 g/mol. The van der Waals surface area contributed by atoms with Gasteiger partial charge in [0.25, 0.3) is 0 Å². The molecule has 118 valence electrons. The topological polar surface area (TPSA) is 73.0 Å². The Morgan fingerprint density at radius 3 is 2.43 bits per heavy atom. The van der Waals surface area contributed by atoms with Crippen LogP contribution >= 0.6 is 0 Å². The van der Waals surface area contributed by atoms with Gasteiger partial charge in [0.05, 0.1) is 4.92 Å². The smallest absolute Gasteiger partial charge is 0.333 e. The highest BCUT2D eigenvalue weighted by atomic mass is 16.6. The number of aryl methyl sites for hydroxylation is 2. The van der Waals surface area contributed by atoms with E-state index in [2.05, 4.69) is 17.3 Å². The van der Waals surface area contributed by atoms with E-state index < -0.39 is 0 Å². The maximum absolute atomic E-state index is 11.3. The van der Waals surface area contributed by atoms with Crippen molar-refractivity contribution in [2.24, 2.45) is 18.9 Å². The molecule has 1 aromatic heterocycles. The predicted octanol–water partition coefficient (Wildman–Crippen LogP) is 3.52. The van der Waals surface area contributed by atoms with Gasteiger partial charge in [0.2, 0.25) is 5.82 Å². The van der Waals surface area contributed by atoms with Crippen molar-refractivity contribution in [3.63, 3.8) is 0 Å². The first kappa shape index (κ1) is 15.8. The van der Waals surface area contributed by atoms with Gasteiger partial charge in [-0.05, 0) is 31.1 Å². The Morgan fingerprint density at radius 1 is 1.29 bits per heavy atom. The Kier molecular flexibility index (Phi) is 5.20. The molecule has 1 heterocycles. The molecule has 1 aromatic rings. The lowest BCUT2D eigenvalue weighted by atomic mass is 9.81. The zero-order chi connectivity index (χ0) is 15.4. The summed E-state index contributed by atoms with van der Waals surface area (Å²) in [7, 11) is 1.77. The lowest BCUT2D eigenvalue weighted by molar-refractivity contribution is -0.384. The minimum absolute atomic E-state index is 0.141. The number of nitrogens with one attached hydrogen (secondary N) is 1. The molecule has 1 aliphatic carbocycles. The lowest BCUT2D eigenvalue weighted by Crippen LogP contribution is -2.22. The van der Waals surface area contributed by atoms with Crippen LogP contribution in [-0.2, 0) is 13.5 Å². The zero-order valence-corrected chi connectivity index (χ0v) is 13.3. The SMILES string of the molecule is CCc1nn(C)c(NCC2CCC(CC)CC2)c1[N+](=O)[O-]. The fourth-order valence-electron chi connectivity index (χ4n) is 3.28. The van der Waals surface area contributed by atoms with E-state index in [1.165, 1.54) is 32.1 Å². The lowest BCUT2D eigenvalue weighted by Gasteiger charge is -2.27. The number of anilines is 1. The monoisotopic (exact) mass is 294 g/mol. The molecule has 1 fully saturated rings. The summed E-state index contributed by atoms with van der Waals surface area (Å²) in [6, 6.07) is 0. The summed E-state index contributed by atoms with van der Waals surface area (Å²) < 4.78 is 1.61. The van der Waals surface area contributed by atoms with E-state index in [-0.39, 0.29) is 10.6 Å². The quantitative estimate of drug-likeness (QED) is 0.643. The van der Waals surface area contributed by atoms with Crippen LogP contribution < -0.4 is 5.32 Å². The molecule has 6 nitrogen and oxygen atoms in total. The molecule has 0 amide bonds. The van der Waals surface area contributed by atoms with Crippen LogP contribution in [0.2, 0.25) is 0 Å². The maximum atomic E-state index is 11.3. The summed E-state index contributed by atoms with van der Waals surface area (Å²) in [6.07, 6.45) is 6.86. The van der Waals surface area contributed by atoms with Gasteiger partial charge < -0.3 is 5.32 Å². The molecule has 0 aliphatic heterocycles. The maximum Gasteiger partial charge on any atom is 0.333 e.